The maximum absolute atomic E-state index is 13.3. The van der Waals surface area contributed by atoms with Gasteiger partial charge in [0, 0.05) is 44.4 Å². The fraction of sp³-hybridized carbons (Fsp3) is 0.417. The minimum atomic E-state index is -3.61. The molecule has 1 aliphatic rings. The summed E-state index contributed by atoms with van der Waals surface area (Å²) in [5.74, 6) is -0.574. The summed E-state index contributed by atoms with van der Waals surface area (Å²) in [6.45, 7) is 6.19. The van der Waals surface area contributed by atoms with Crippen LogP contribution in [-0.2, 0) is 14.8 Å². The van der Waals surface area contributed by atoms with E-state index in [2.05, 4.69) is 5.32 Å². The van der Waals surface area contributed by atoms with E-state index in [-0.39, 0.29) is 17.7 Å². The Morgan fingerprint density at radius 3 is 2.16 bits per heavy atom. The van der Waals surface area contributed by atoms with Crippen LogP contribution in [0.4, 0.5) is 5.69 Å². The molecule has 0 spiro atoms. The van der Waals surface area contributed by atoms with Crippen molar-refractivity contribution in [3.63, 3.8) is 0 Å². The Morgan fingerprint density at radius 1 is 1.00 bits per heavy atom. The van der Waals surface area contributed by atoms with Gasteiger partial charge in [0.2, 0.25) is 15.9 Å². The van der Waals surface area contributed by atoms with E-state index in [0.717, 1.165) is 16.7 Å². The fourth-order valence-corrected chi connectivity index (χ4v) is 6.17. The van der Waals surface area contributed by atoms with E-state index >= 15 is 0 Å². The lowest BCUT2D eigenvalue weighted by atomic mass is 9.97. The van der Waals surface area contributed by atoms with Crippen LogP contribution >= 0.6 is 0 Å². The predicted molar refractivity (Wildman–Crippen MR) is 125 cm³/mol. The number of rotatable bonds is 5. The molecule has 1 N–H and O–H groups in total. The van der Waals surface area contributed by atoms with Crippen LogP contribution in [0.5, 0.6) is 0 Å². The average Bonchev–Trinajstić information content (AvgIpc) is 2.72. The molecule has 0 radical (unpaired) electrons. The topological polar surface area (TPSA) is 86.8 Å². The lowest BCUT2D eigenvalue weighted by Gasteiger charge is -2.31. The molecule has 32 heavy (non-hydrogen) atoms. The maximum atomic E-state index is 13.3. The van der Waals surface area contributed by atoms with E-state index < -0.39 is 10.0 Å². The number of carbonyl (C=O) groups is 2. The van der Waals surface area contributed by atoms with Crippen molar-refractivity contribution >= 4 is 27.5 Å². The van der Waals surface area contributed by atoms with Crippen LogP contribution < -0.4 is 5.32 Å². The third-order valence-corrected chi connectivity index (χ3v) is 8.02. The highest BCUT2D eigenvalue weighted by molar-refractivity contribution is 7.89. The quantitative estimate of drug-likeness (QED) is 0.746. The molecule has 1 aliphatic heterocycles. The molecule has 0 aromatic heterocycles. The van der Waals surface area contributed by atoms with Crippen LogP contribution in [0, 0.1) is 26.7 Å². The first-order chi connectivity index (χ1) is 15.0. The molecule has 0 unspecified atom stereocenters. The normalized spacial score (nSPS) is 15.4. The van der Waals surface area contributed by atoms with Crippen LogP contribution in [0.1, 0.15) is 39.9 Å². The maximum Gasteiger partial charge on any atom is 0.253 e. The van der Waals surface area contributed by atoms with E-state index in [0.29, 0.717) is 42.1 Å². The molecule has 172 valence electrons. The van der Waals surface area contributed by atoms with Crippen LogP contribution in [0.25, 0.3) is 0 Å². The summed E-state index contributed by atoms with van der Waals surface area (Å²) in [4.78, 5) is 26.8. The first-order valence-corrected chi connectivity index (χ1v) is 12.2. The number of hydrogen-bond acceptors (Lipinski definition) is 4. The minimum absolute atomic E-state index is 0.138. The summed E-state index contributed by atoms with van der Waals surface area (Å²) in [5, 5.41) is 2.88. The summed E-state index contributed by atoms with van der Waals surface area (Å²) in [6.07, 6.45) is 0.899. The number of carbonyl (C=O) groups excluding carboxylic acids is 2. The first-order valence-electron chi connectivity index (χ1n) is 10.7. The largest absolute Gasteiger partial charge is 0.345 e. The zero-order valence-corrected chi connectivity index (χ0v) is 20.1. The van der Waals surface area contributed by atoms with E-state index in [1.165, 1.54) is 9.21 Å². The molecule has 0 aliphatic carbocycles. The van der Waals surface area contributed by atoms with Gasteiger partial charge in [-0.3, -0.25) is 9.59 Å². The highest BCUT2D eigenvalue weighted by Gasteiger charge is 2.33. The van der Waals surface area contributed by atoms with Gasteiger partial charge in [-0.2, -0.15) is 4.31 Å². The summed E-state index contributed by atoms with van der Waals surface area (Å²) in [5.41, 5.74) is 3.58. The second-order valence-electron chi connectivity index (χ2n) is 8.68. The van der Waals surface area contributed by atoms with Gasteiger partial charge in [-0.1, -0.05) is 23.8 Å². The second-order valence-corrected chi connectivity index (χ2v) is 10.6. The van der Waals surface area contributed by atoms with Crippen LogP contribution in [0.3, 0.4) is 0 Å². The Labute approximate surface area is 190 Å². The number of sulfonamides is 1. The third-order valence-electron chi connectivity index (χ3n) is 5.81. The average molecular weight is 458 g/mol. The zero-order valence-electron chi connectivity index (χ0n) is 19.3. The van der Waals surface area contributed by atoms with Gasteiger partial charge < -0.3 is 10.2 Å². The van der Waals surface area contributed by atoms with Crippen molar-refractivity contribution in [3.8, 4) is 0 Å². The van der Waals surface area contributed by atoms with Crippen molar-refractivity contribution in [2.45, 2.75) is 38.5 Å². The van der Waals surface area contributed by atoms with Gasteiger partial charge in [0.05, 0.1) is 4.90 Å². The number of nitrogens with zero attached hydrogens (tertiary/aromatic N) is 2. The van der Waals surface area contributed by atoms with Crippen molar-refractivity contribution in [2.24, 2.45) is 5.92 Å². The van der Waals surface area contributed by atoms with Crippen molar-refractivity contribution in [2.75, 3.05) is 32.5 Å². The lowest BCUT2D eigenvalue weighted by molar-refractivity contribution is -0.120. The molecule has 0 saturated carbocycles. The predicted octanol–water partition coefficient (Wildman–Crippen LogP) is 3.35. The number of anilines is 1. The number of nitrogens with one attached hydrogen (secondary N) is 1. The molecule has 1 saturated heterocycles. The Kier molecular flexibility index (Phi) is 7.05. The Hall–Kier alpha value is -2.71. The minimum Gasteiger partial charge on any atom is -0.345 e. The number of aryl methyl sites for hydroxylation is 3. The molecule has 2 aromatic rings. The van der Waals surface area contributed by atoms with E-state index in [9.17, 15) is 18.0 Å². The van der Waals surface area contributed by atoms with Gasteiger partial charge in [-0.05, 0) is 62.9 Å². The van der Waals surface area contributed by atoms with Crippen LogP contribution in [0.15, 0.2) is 41.3 Å². The second kappa shape index (κ2) is 9.42. The van der Waals surface area contributed by atoms with Crippen molar-refractivity contribution < 1.29 is 18.0 Å². The molecule has 2 aromatic carbocycles. The molecule has 0 bridgehead atoms. The smallest absolute Gasteiger partial charge is 0.253 e. The van der Waals surface area contributed by atoms with Gasteiger partial charge in [-0.25, -0.2) is 8.42 Å². The molecule has 1 heterocycles. The van der Waals surface area contributed by atoms with Gasteiger partial charge in [0.1, 0.15) is 0 Å². The molecule has 8 heteroatoms. The van der Waals surface area contributed by atoms with Gasteiger partial charge in [0.15, 0.2) is 0 Å². The van der Waals surface area contributed by atoms with E-state index in [1.54, 1.807) is 38.4 Å². The van der Waals surface area contributed by atoms with Crippen LogP contribution in [-0.4, -0.2) is 56.6 Å². The number of hydrogen-bond donors (Lipinski definition) is 1. The standard InChI is InChI=1S/C24H31N3O4S/c1-16-13-17(2)22(18(3)14-16)32(30,31)27-11-9-19(10-12-27)23(28)25-21-8-6-7-20(15-21)24(29)26(4)5/h6-8,13-15,19H,9-12H2,1-5H3,(H,25,28). The molecular formula is C24H31N3O4S. The molecule has 0 atom stereocenters. The highest BCUT2D eigenvalue weighted by atomic mass is 32.2. The molecular weight excluding hydrogens is 426 g/mol. The Bertz CT molecular complexity index is 1110. The summed E-state index contributed by atoms with van der Waals surface area (Å²) in [7, 11) is -0.261. The lowest BCUT2D eigenvalue weighted by Crippen LogP contribution is -2.41. The summed E-state index contributed by atoms with van der Waals surface area (Å²) < 4.78 is 28.0. The number of piperidine rings is 1. The van der Waals surface area contributed by atoms with Gasteiger partial charge >= 0.3 is 0 Å². The van der Waals surface area contributed by atoms with Gasteiger partial charge in [0.25, 0.3) is 5.91 Å². The molecule has 7 nitrogen and oxygen atoms in total. The van der Waals surface area contributed by atoms with Crippen molar-refractivity contribution in [1.82, 2.24) is 9.21 Å². The van der Waals surface area contributed by atoms with Crippen molar-refractivity contribution in [3.05, 3.63) is 58.7 Å². The molecule has 2 amide bonds. The fourth-order valence-electron chi connectivity index (χ4n) is 4.29. The number of amides is 2. The Morgan fingerprint density at radius 2 is 1.59 bits per heavy atom. The highest BCUT2D eigenvalue weighted by Crippen LogP contribution is 2.29. The van der Waals surface area contributed by atoms with E-state index in [1.807, 2.05) is 32.9 Å². The zero-order chi connectivity index (χ0) is 23.6. The summed E-state index contributed by atoms with van der Waals surface area (Å²) in [6, 6.07) is 10.6. The summed E-state index contributed by atoms with van der Waals surface area (Å²) >= 11 is 0. The van der Waals surface area contributed by atoms with Gasteiger partial charge in [-0.15, -0.1) is 0 Å². The SMILES string of the molecule is Cc1cc(C)c(S(=O)(=O)N2CCC(C(=O)Nc3cccc(C(=O)N(C)C)c3)CC2)c(C)c1. The third kappa shape index (κ3) is 5.02. The Balaban J connectivity index is 1.67. The molecule has 1 fully saturated rings. The van der Waals surface area contributed by atoms with Crippen molar-refractivity contribution in [1.29, 1.82) is 0 Å². The first kappa shape index (κ1) is 23.9. The number of benzene rings is 2. The van der Waals surface area contributed by atoms with Crippen LogP contribution in [0.2, 0.25) is 0 Å². The monoisotopic (exact) mass is 457 g/mol. The molecule has 3 rings (SSSR count). The van der Waals surface area contributed by atoms with E-state index in [4.69, 9.17) is 0 Å².